The largest absolute Gasteiger partial charge is 0.497 e. The van der Waals surface area contributed by atoms with Gasteiger partial charge >= 0.3 is 0 Å². The number of benzene rings is 2. The van der Waals surface area contributed by atoms with Crippen molar-refractivity contribution in [2.75, 3.05) is 64.0 Å². The third-order valence-electron chi connectivity index (χ3n) is 9.43. The second-order valence-electron chi connectivity index (χ2n) is 13.1. The van der Waals surface area contributed by atoms with Gasteiger partial charge in [0.25, 0.3) is 0 Å². The Balaban J connectivity index is 1.40. The fraction of sp³-hybridized carbons (Fsp3) is 0.333. The summed E-state index contributed by atoms with van der Waals surface area (Å²) in [6, 6.07) is 21.1. The average molecular weight is 757 g/mol. The van der Waals surface area contributed by atoms with Gasteiger partial charge in [0.2, 0.25) is 15.9 Å². The fourth-order valence-corrected chi connectivity index (χ4v) is 7.22. The maximum atomic E-state index is 14.8. The van der Waals surface area contributed by atoms with Gasteiger partial charge in [-0.2, -0.15) is 4.31 Å². The number of halogens is 1. The summed E-state index contributed by atoms with van der Waals surface area (Å²) in [7, 11) is 1.38. The summed E-state index contributed by atoms with van der Waals surface area (Å²) in [6.45, 7) is 6.98. The van der Waals surface area contributed by atoms with E-state index in [2.05, 4.69) is 27.0 Å². The lowest BCUT2D eigenvalue weighted by atomic mass is 10.0. The molecule has 3 aromatic heterocycles. The number of anilines is 3. The smallest absolute Gasteiger partial charge is 0.250 e. The van der Waals surface area contributed by atoms with Gasteiger partial charge < -0.3 is 24.4 Å². The molecule has 2 aromatic carbocycles. The van der Waals surface area contributed by atoms with Crippen LogP contribution in [0.4, 0.5) is 21.7 Å². The van der Waals surface area contributed by atoms with Gasteiger partial charge in [0, 0.05) is 69.2 Å². The average Bonchev–Trinajstić information content (AvgIpc) is 3.17. The van der Waals surface area contributed by atoms with Crippen molar-refractivity contribution in [1.82, 2.24) is 29.1 Å². The predicted molar refractivity (Wildman–Crippen MR) is 206 cm³/mol. The third-order valence-corrected chi connectivity index (χ3v) is 10.7. The van der Waals surface area contributed by atoms with E-state index in [1.165, 1.54) is 29.9 Å². The number of rotatable bonds is 14. The summed E-state index contributed by atoms with van der Waals surface area (Å²) in [6.07, 6.45) is 4.50. The van der Waals surface area contributed by atoms with Crippen LogP contribution in [0.5, 0.6) is 17.4 Å². The fourth-order valence-electron chi connectivity index (χ4n) is 6.39. The van der Waals surface area contributed by atoms with Crippen molar-refractivity contribution >= 4 is 27.3 Å². The lowest BCUT2D eigenvalue weighted by Gasteiger charge is -2.37. The maximum absolute atomic E-state index is 14.8. The highest BCUT2D eigenvalue weighted by atomic mass is 32.2. The van der Waals surface area contributed by atoms with Crippen LogP contribution in [-0.2, 0) is 23.1 Å². The van der Waals surface area contributed by atoms with Crippen molar-refractivity contribution in [3.63, 3.8) is 0 Å². The number of piperazine rings is 1. The van der Waals surface area contributed by atoms with Crippen molar-refractivity contribution in [2.24, 2.45) is 0 Å². The van der Waals surface area contributed by atoms with Gasteiger partial charge in [-0.1, -0.05) is 24.3 Å². The second-order valence-corrected chi connectivity index (χ2v) is 15.1. The van der Waals surface area contributed by atoms with E-state index < -0.39 is 15.8 Å². The van der Waals surface area contributed by atoms with Gasteiger partial charge in [-0.15, -0.1) is 0 Å². The predicted octanol–water partition coefficient (Wildman–Crippen LogP) is 6.00. The van der Waals surface area contributed by atoms with Crippen molar-refractivity contribution in [3.05, 3.63) is 107 Å². The molecule has 0 bridgehead atoms. The molecule has 5 aromatic rings. The van der Waals surface area contributed by atoms with Crippen LogP contribution < -0.4 is 24.4 Å². The van der Waals surface area contributed by atoms with E-state index in [-0.39, 0.29) is 11.9 Å². The van der Waals surface area contributed by atoms with Crippen LogP contribution in [-0.4, -0.2) is 91.3 Å². The molecule has 0 radical (unpaired) electrons. The molecule has 0 unspecified atom stereocenters. The molecule has 1 aliphatic rings. The van der Waals surface area contributed by atoms with Crippen LogP contribution in [0.15, 0.2) is 79.1 Å². The summed E-state index contributed by atoms with van der Waals surface area (Å²) in [5.41, 5.74) is 4.70. The molecule has 1 atom stereocenters. The summed E-state index contributed by atoms with van der Waals surface area (Å²) in [5.74, 6) is 2.50. The molecule has 0 spiro atoms. The number of aromatic nitrogens is 4. The molecule has 1 N–H and O–H groups in total. The topological polar surface area (TPSA) is 135 Å². The SMILES string of the molecule is COc1ccc(CN(Cc2ccc(OC)cc2)c2cc(-c3cc([C@@H](C)N4CCN(S(C)(=O)=O)CC4)cnc3Nc3cnc(OC)c(F)c3)nc(C)n2)cc1. The normalized spacial score (nSPS) is 14.4. The molecule has 4 heterocycles. The van der Waals surface area contributed by atoms with Gasteiger partial charge in [-0.05, 0) is 60.9 Å². The first-order valence-electron chi connectivity index (χ1n) is 17.5. The minimum Gasteiger partial charge on any atom is -0.497 e. The highest BCUT2D eigenvalue weighted by Crippen LogP contribution is 2.34. The van der Waals surface area contributed by atoms with Crippen molar-refractivity contribution in [1.29, 1.82) is 0 Å². The number of nitrogens with zero attached hydrogens (tertiary/aromatic N) is 7. The van der Waals surface area contributed by atoms with E-state index in [0.29, 0.717) is 73.7 Å². The van der Waals surface area contributed by atoms with Crippen LogP contribution >= 0.6 is 0 Å². The maximum Gasteiger partial charge on any atom is 0.250 e. The molecule has 6 rings (SSSR count). The third kappa shape index (κ3) is 9.21. The van der Waals surface area contributed by atoms with Crippen LogP contribution in [0.2, 0.25) is 0 Å². The molecule has 0 aliphatic carbocycles. The molecule has 0 amide bonds. The first-order valence-corrected chi connectivity index (χ1v) is 19.3. The Hall–Kier alpha value is -5.38. The Bertz CT molecular complexity index is 2120. The van der Waals surface area contributed by atoms with E-state index in [0.717, 1.165) is 28.2 Å². The Morgan fingerprint density at radius 2 is 1.44 bits per heavy atom. The number of nitrogens with one attached hydrogen (secondary N) is 1. The molecule has 13 nitrogen and oxygen atoms in total. The zero-order valence-corrected chi connectivity index (χ0v) is 32.1. The first-order chi connectivity index (χ1) is 25.9. The Labute approximate surface area is 315 Å². The molecule has 1 aliphatic heterocycles. The number of sulfonamides is 1. The molecule has 0 saturated carbocycles. The van der Waals surface area contributed by atoms with Crippen LogP contribution in [0.25, 0.3) is 11.3 Å². The van der Waals surface area contributed by atoms with E-state index in [1.54, 1.807) is 20.4 Å². The lowest BCUT2D eigenvalue weighted by molar-refractivity contribution is 0.146. The highest BCUT2D eigenvalue weighted by Gasteiger charge is 2.27. The van der Waals surface area contributed by atoms with E-state index in [4.69, 9.17) is 29.2 Å². The quantitative estimate of drug-likeness (QED) is 0.143. The van der Waals surface area contributed by atoms with Gasteiger partial charge in [-0.3, -0.25) is 4.90 Å². The van der Waals surface area contributed by atoms with Crippen molar-refractivity contribution < 1.29 is 27.0 Å². The summed E-state index contributed by atoms with van der Waals surface area (Å²) < 4.78 is 56.4. The lowest BCUT2D eigenvalue weighted by Crippen LogP contribution is -2.48. The molecule has 1 fully saturated rings. The van der Waals surface area contributed by atoms with Gasteiger partial charge in [0.1, 0.15) is 29.0 Å². The zero-order valence-electron chi connectivity index (χ0n) is 31.3. The number of hydrogen-bond donors (Lipinski definition) is 1. The van der Waals surface area contributed by atoms with Crippen LogP contribution in [0, 0.1) is 12.7 Å². The van der Waals surface area contributed by atoms with Crippen LogP contribution in [0.3, 0.4) is 0 Å². The molecule has 1 saturated heterocycles. The number of aryl methyl sites for hydroxylation is 1. The molecule has 284 valence electrons. The summed E-state index contributed by atoms with van der Waals surface area (Å²) >= 11 is 0. The van der Waals surface area contributed by atoms with Crippen LogP contribution in [0.1, 0.15) is 35.5 Å². The van der Waals surface area contributed by atoms with E-state index in [1.807, 2.05) is 67.6 Å². The number of ether oxygens (including phenoxy) is 3. The van der Waals surface area contributed by atoms with E-state index in [9.17, 15) is 12.8 Å². The monoisotopic (exact) mass is 756 g/mol. The van der Waals surface area contributed by atoms with Gasteiger partial charge in [0.05, 0.1) is 45.2 Å². The molecular weight excluding hydrogens is 712 g/mol. The molecular formula is C39H45FN8O5S. The van der Waals surface area contributed by atoms with Crippen molar-refractivity contribution in [2.45, 2.75) is 33.0 Å². The molecule has 54 heavy (non-hydrogen) atoms. The minimum atomic E-state index is -3.27. The molecule has 15 heteroatoms. The second kappa shape index (κ2) is 16.7. The highest BCUT2D eigenvalue weighted by molar-refractivity contribution is 7.88. The Morgan fingerprint density at radius 3 is 1.98 bits per heavy atom. The van der Waals surface area contributed by atoms with E-state index >= 15 is 0 Å². The number of methoxy groups -OCH3 is 3. The summed E-state index contributed by atoms with van der Waals surface area (Å²) in [5, 5.41) is 3.25. The summed E-state index contributed by atoms with van der Waals surface area (Å²) in [4.78, 5) is 23.2. The standard InChI is InChI=1S/C39H45FN8O5S/c1-26(46-15-17-48(18-16-46)54(6,49)50)30-19-34(38(41-22-30)45-31-20-35(40)39(53-5)42-23-31)36-21-37(44-27(2)43-36)47(24-28-7-11-32(51-3)12-8-28)25-29-9-13-33(52-4)14-10-29/h7-14,19-23,26H,15-18,24-25H2,1-6H3,(H,41,45)/t26-/m1/s1. The van der Waals surface area contributed by atoms with Crippen molar-refractivity contribution in [3.8, 4) is 28.6 Å². The zero-order chi connectivity index (χ0) is 38.4. The first kappa shape index (κ1) is 38.3. The van der Waals surface area contributed by atoms with Gasteiger partial charge in [0.15, 0.2) is 5.82 Å². The Morgan fingerprint density at radius 1 is 0.833 bits per heavy atom. The Kier molecular flexibility index (Phi) is 11.9. The number of hydrogen-bond acceptors (Lipinski definition) is 12. The van der Waals surface area contributed by atoms with Gasteiger partial charge in [-0.25, -0.2) is 32.7 Å². The number of pyridine rings is 2. The minimum absolute atomic E-state index is 0.0869.